The predicted molar refractivity (Wildman–Crippen MR) is 88.5 cm³/mol. The smallest absolute Gasteiger partial charge is 0.0400 e. The number of nitrogens with zero attached hydrogens (tertiary/aromatic N) is 1. The van der Waals surface area contributed by atoms with E-state index in [-0.39, 0.29) is 0 Å². The van der Waals surface area contributed by atoms with Crippen LogP contribution in [0.5, 0.6) is 0 Å². The molecular formula is C18H24N2. The molecule has 0 aliphatic rings. The van der Waals surface area contributed by atoms with Gasteiger partial charge in [-0.05, 0) is 50.6 Å². The van der Waals surface area contributed by atoms with Crippen molar-refractivity contribution in [3.63, 3.8) is 0 Å². The molecule has 0 heterocycles. The first kappa shape index (κ1) is 14.4. The van der Waals surface area contributed by atoms with Crippen LogP contribution in [0, 0.1) is 6.92 Å². The largest absolute Gasteiger partial charge is 0.381 e. The lowest BCUT2D eigenvalue weighted by molar-refractivity contribution is 0.866. The first-order valence-electron chi connectivity index (χ1n) is 7.37. The van der Waals surface area contributed by atoms with E-state index in [9.17, 15) is 0 Å². The molecule has 0 amide bonds. The van der Waals surface area contributed by atoms with E-state index in [0.29, 0.717) is 0 Å². The topological polar surface area (TPSA) is 15.3 Å². The summed E-state index contributed by atoms with van der Waals surface area (Å²) in [4.78, 5) is 2.35. The summed E-state index contributed by atoms with van der Waals surface area (Å²) in [7, 11) is 0. The van der Waals surface area contributed by atoms with Crippen LogP contribution in [0.1, 0.15) is 25.0 Å². The molecule has 0 bridgehead atoms. The van der Waals surface area contributed by atoms with E-state index >= 15 is 0 Å². The predicted octanol–water partition coefficient (Wildman–Crippen LogP) is 4.45. The van der Waals surface area contributed by atoms with Crippen LogP contribution in [0.25, 0.3) is 0 Å². The zero-order valence-electron chi connectivity index (χ0n) is 12.7. The Bertz CT molecular complexity index is 527. The molecule has 2 heteroatoms. The summed E-state index contributed by atoms with van der Waals surface area (Å²) < 4.78 is 0. The van der Waals surface area contributed by atoms with Crippen LogP contribution >= 0.6 is 0 Å². The number of nitrogens with one attached hydrogen (secondary N) is 1. The second-order valence-electron chi connectivity index (χ2n) is 5.06. The van der Waals surface area contributed by atoms with Gasteiger partial charge in [-0.3, -0.25) is 0 Å². The Morgan fingerprint density at radius 2 is 1.65 bits per heavy atom. The van der Waals surface area contributed by atoms with Gasteiger partial charge in [0, 0.05) is 31.0 Å². The summed E-state index contributed by atoms with van der Waals surface area (Å²) in [5, 5.41) is 3.47. The summed E-state index contributed by atoms with van der Waals surface area (Å²) in [6.07, 6.45) is 0. The van der Waals surface area contributed by atoms with Gasteiger partial charge in [0.1, 0.15) is 0 Å². The van der Waals surface area contributed by atoms with Gasteiger partial charge in [-0.2, -0.15) is 0 Å². The minimum absolute atomic E-state index is 0.867. The maximum Gasteiger partial charge on any atom is 0.0400 e. The van der Waals surface area contributed by atoms with E-state index in [2.05, 4.69) is 79.5 Å². The van der Waals surface area contributed by atoms with Crippen molar-refractivity contribution in [1.82, 2.24) is 0 Å². The molecule has 0 unspecified atom stereocenters. The normalized spacial score (nSPS) is 10.3. The van der Waals surface area contributed by atoms with E-state index in [1.165, 1.54) is 22.5 Å². The van der Waals surface area contributed by atoms with Crippen LogP contribution < -0.4 is 10.2 Å². The third-order valence-corrected chi connectivity index (χ3v) is 3.58. The average Bonchev–Trinajstić information content (AvgIpc) is 2.48. The highest BCUT2D eigenvalue weighted by molar-refractivity contribution is 5.55. The monoisotopic (exact) mass is 268 g/mol. The van der Waals surface area contributed by atoms with Crippen molar-refractivity contribution in [2.24, 2.45) is 0 Å². The van der Waals surface area contributed by atoms with Crippen LogP contribution in [0.4, 0.5) is 11.4 Å². The zero-order valence-corrected chi connectivity index (χ0v) is 12.7. The Labute approximate surface area is 122 Å². The Balaban J connectivity index is 1.97. The van der Waals surface area contributed by atoms with Crippen LogP contribution in [-0.4, -0.2) is 13.1 Å². The van der Waals surface area contributed by atoms with Crippen molar-refractivity contribution in [3.05, 3.63) is 59.7 Å². The molecule has 2 aromatic rings. The van der Waals surface area contributed by atoms with Crippen LogP contribution in [-0.2, 0) is 6.54 Å². The van der Waals surface area contributed by atoms with Crippen molar-refractivity contribution >= 4 is 11.4 Å². The van der Waals surface area contributed by atoms with Gasteiger partial charge in [-0.25, -0.2) is 0 Å². The summed E-state index contributed by atoms with van der Waals surface area (Å²) in [6.45, 7) is 9.47. The minimum atomic E-state index is 0.867. The molecule has 0 atom stereocenters. The van der Waals surface area contributed by atoms with E-state index in [1.807, 2.05) is 0 Å². The first-order chi connectivity index (χ1) is 9.72. The van der Waals surface area contributed by atoms with Gasteiger partial charge in [0.25, 0.3) is 0 Å². The Morgan fingerprint density at radius 1 is 0.950 bits per heavy atom. The van der Waals surface area contributed by atoms with Gasteiger partial charge in [0.15, 0.2) is 0 Å². The molecular weight excluding hydrogens is 244 g/mol. The minimum Gasteiger partial charge on any atom is -0.381 e. The summed E-state index contributed by atoms with van der Waals surface area (Å²) in [5.41, 5.74) is 5.08. The van der Waals surface area contributed by atoms with Crippen molar-refractivity contribution < 1.29 is 0 Å². The molecule has 2 nitrogen and oxygen atoms in total. The number of benzene rings is 2. The van der Waals surface area contributed by atoms with E-state index in [0.717, 1.165) is 19.6 Å². The van der Waals surface area contributed by atoms with Crippen molar-refractivity contribution in [3.8, 4) is 0 Å². The lowest BCUT2D eigenvalue weighted by atomic mass is 10.1. The van der Waals surface area contributed by atoms with Crippen LogP contribution in [0.3, 0.4) is 0 Å². The highest BCUT2D eigenvalue weighted by Gasteiger charge is 2.01. The van der Waals surface area contributed by atoms with Gasteiger partial charge in [-0.15, -0.1) is 0 Å². The third-order valence-electron chi connectivity index (χ3n) is 3.58. The summed E-state index contributed by atoms with van der Waals surface area (Å²) in [6, 6.07) is 17.3. The van der Waals surface area contributed by atoms with Crippen LogP contribution in [0.15, 0.2) is 48.5 Å². The second-order valence-corrected chi connectivity index (χ2v) is 5.06. The van der Waals surface area contributed by atoms with Crippen LogP contribution in [0.2, 0.25) is 0 Å². The quantitative estimate of drug-likeness (QED) is 0.832. The zero-order chi connectivity index (χ0) is 14.4. The van der Waals surface area contributed by atoms with Gasteiger partial charge >= 0.3 is 0 Å². The molecule has 0 saturated carbocycles. The SMILES string of the molecule is CCN(CC)c1ccc(NCc2cccc(C)c2)cc1. The first-order valence-corrected chi connectivity index (χ1v) is 7.37. The lowest BCUT2D eigenvalue weighted by Gasteiger charge is -2.21. The van der Waals surface area contributed by atoms with E-state index < -0.39 is 0 Å². The number of hydrogen-bond acceptors (Lipinski definition) is 2. The van der Waals surface area contributed by atoms with Crippen molar-refractivity contribution in [2.45, 2.75) is 27.3 Å². The molecule has 106 valence electrons. The highest BCUT2D eigenvalue weighted by Crippen LogP contribution is 2.18. The second kappa shape index (κ2) is 6.99. The Hall–Kier alpha value is -1.96. The maximum absolute atomic E-state index is 3.47. The fraction of sp³-hybridized carbons (Fsp3) is 0.333. The maximum atomic E-state index is 3.47. The van der Waals surface area contributed by atoms with Crippen molar-refractivity contribution in [1.29, 1.82) is 0 Å². The number of aryl methyl sites for hydroxylation is 1. The summed E-state index contributed by atoms with van der Waals surface area (Å²) in [5.74, 6) is 0. The molecule has 1 N–H and O–H groups in total. The Kier molecular flexibility index (Phi) is 5.05. The van der Waals surface area contributed by atoms with Crippen molar-refractivity contribution in [2.75, 3.05) is 23.3 Å². The highest BCUT2D eigenvalue weighted by atomic mass is 15.1. The van der Waals surface area contributed by atoms with Gasteiger partial charge in [0.2, 0.25) is 0 Å². The number of rotatable bonds is 6. The average molecular weight is 268 g/mol. The molecule has 2 rings (SSSR count). The number of anilines is 2. The van der Waals surface area contributed by atoms with E-state index in [4.69, 9.17) is 0 Å². The molecule has 0 aliphatic heterocycles. The molecule has 0 spiro atoms. The molecule has 0 radical (unpaired) electrons. The van der Waals surface area contributed by atoms with E-state index in [1.54, 1.807) is 0 Å². The third kappa shape index (κ3) is 3.77. The molecule has 0 fully saturated rings. The molecule has 20 heavy (non-hydrogen) atoms. The lowest BCUT2D eigenvalue weighted by Crippen LogP contribution is -2.21. The molecule has 0 saturated heterocycles. The fourth-order valence-electron chi connectivity index (χ4n) is 2.41. The molecule has 2 aromatic carbocycles. The molecule has 0 aromatic heterocycles. The fourth-order valence-corrected chi connectivity index (χ4v) is 2.41. The van der Waals surface area contributed by atoms with Gasteiger partial charge < -0.3 is 10.2 Å². The van der Waals surface area contributed by atoms with Gasteiger partial charge in [-0.1, -0.05) is 29.8 Å². The molecule has 0 aliphatic carbocycles. The number of hydrogen-bond donors (Lipinski definition) is 1. The Morgan fingerprint density at radius 3 is 2.25 bits per heavy atom. The summed E-state index contributed by atoms with van der Waals surface area (Å²) >= 11 is 0. The van der Waals surface area contributed by atoms with Gasteiger partial charge in [0.05, 0.1) is 0 Å². The standard InChI is InChI=1S/C18H24N2/c1-4-20(5-2)18-11-9-17(10-12-18)19-14-16-8-6-7-15(3)13-16/h6-13,19H,4-5,14H2,1-3H3.